The molecule has 1 aromatic heterocycles. The predicted octanol–water partition coefficient (Wildman–Crippen LogP) is 2.62. The van der Waals surface area contributed by atoms with Gasteiger partial charge in [-0.1, -0.05) is 29.8 Å². The standard InChI is InChI=1S/C15H13ClN2O2/c16-11-8-12(14(19)17-9-11)15(20)18-7-3-5-10-4-1-2-6-13(10)18/h1-2,4,6,8-9H,3,5,7H2,(H,17,19). The van der Waals surface area contributed by atoms with E-state index in [1.54, 1.807) is 4.90 Å². The van der Waals surface area contributed by atoms with Crippen molar-refractivity contribution in [2.24, 2.45) is 0 Å². The molecule has 1 N–H and O–H groups in total. The number of hydrogen-bond donors (Lipinski definition) is 1. The van der Waals surface area contributed by atoms with E-state index in [2.05, 4.69) is 4.98 Å². The maximum absolute atomic E-state index is 12.6. The fourth-order valence-corrected chi connectivity index (χ4v) is 2.67. The monoisotopic (exact) mass is 288 g/mol. The molecule has 0 aliphatic carbocycles. The van der Waals surface area contributed by atoms with Crippen LogP contribution in [0.3, 0.4) is 0 Å². The van der Waals surface area contributed by atoms with E-state index in [0.29, 0.717) is 11.6 Å². The minimum Gasteiger partial charge on any atom is -0.327 e. The van der Waals surface area contributed by atoms with E-state index in [-0.39, 0.29) is 11.5 Å². The molecular weight excluding hydrogens is 276 g/mol. The summed E-state index contributed by atoms with van der Waals surface area (Å²) in [5, 5.41) is 0.346. The normalized spacial score (nSPS) is 13.9. The first kappa shape index (κ1) is 12.9. The van der Waals surface area contributed by atoms with Crippen molar-refractivity contribution < 1.29 is 4.79 Å². The van der Waals surface area contributed by atoms with Gasteiger partial charge >= 0.3 is 0 Å². The summed E-state index contributed by atoms with van der Waals surface area (Å²) in [6.07, 6.45) is 3.22. The number of aromatic nitrogens is 1. The number of para-hydroxylation sites is 1. The molecule has 1 aliphatic heterocycles. The van der Waals surface area contributed by atoms with Gasteiger partial charge in [-0.25, -0.2) is 0 Å². The molecule has 0 radical (unpaired) electrons. The molecule has 20 heavy (non-hydrogen) atoms. The smallest absolute Gasteiger partial charge is 0.263 e. The Kier molecular flexibility index (Phi) is 3.32. The van der Waals surface area contributed by atoms with Crippen LogP contribution in [0, 0.1) is 0 Å². The van der Waals surface area contributed by atoms with Gasteiger partial charge in [-0.05, 0) is 30.5 Å². The molecule has 0 fully saturated rings. The van der Waals surface area contributed by atoms with Gasteiger partial charge in [0.05, 0.1) is 5.02 Å². The molecule has 0 spiro atoms. The van der Waals surface area contributed by atoms with Gasteiger partial charge in [0, 0.05) is 18.4 Å². The lowest BCUT2D eigenvalue weighted by atomic mass is 10.0. The summed E-state index contributed by atoms with van der Waals surface area (Å²) < 4.78 is 0. The minimum atomic E-state index is -0.414. The minimum absolute atomic E-state index is 0.0780. The lowest BCUT2D eigenvalue weighted by Crippen LogP contribution is -2.38. The number of carbonyl (C=O) groups excluding carboxylic acids is 1. The fraction of sp³-hybridized carbons (Fsp3) is 0.200. The van der Waals surface area contributed by atoms with Crippen molar-refractivity contribution in [2.45, 2.75) is 12.8 Å². The Bertz CT molecular complexity index is 724. The fourth-order valence-electron chi connectivity index (χ4n) is 2.51. The Labute approximate surface area is 121 Å². The van der Waals surface area contributed by atoms with Gasteiger partial charge in [-0.15, -0.1) is 0 Å². The van der Waals surface area contributed by atoms with Crippen LogP contribution < -0.4 is 10.5 Å². The lowest BCUT2D eigenvalue weighted by molar-refractivity contribution is 0.0983. The Morgan fingerprint density at radius 1 is 1.30 bits per heavy atom. The number of hydrogen-bond acceptors (Lipinski definition) is 2. The summed E-state index contributed by atoms with van der Waals surface area (Å²) in [6.45, 7) is 0.613. The largest absolute Gasteiger partial charge is 0.327 e. The van der Waals surface area contributed by atoms with E-state index in [9.17, 15) is 9.59 Å². The number of amides is 1. The van der Waals surface area contributed by atoms with E-state index < -0.39 is 5.56 Å². The third kappa shape index (κ3) is 2.23. The topological polar surface area (TPSA) is 53.2 Å². The highest BCUT2D eigenvalue weighted by molar-refractivity contribution is 6.30. The summed E-state index contributed by atoms with van der Waals surface area (Å²) >= 11 is 5.86. The number of rotatable bonds is 1. The SMILES string of the molecule is O=C(c1cc(Cl)c[nH]c1=O)N1CCCc2ccccc21. The maximum Gasteiger partial charge on any atom is 0.263 e. The highest BCUT2D eigenvalue weighted by Gasteiger charge is 2.25. The Morgan fingerprint density at radius 3 is 2.95 bits per heavy atom. The van der Waals surface area contributed by atoms with Crippen molar-refractivity contribution in [3.05, 3.63) is 63.0 Å². The zero-order valence-electron chi connectivity index (χ0n) is 10.7. The number of fused-ring (bicyclic) bond motifs is 1. The number of carbonyl (C=O) groups is 1. The number of anilines is 1. The molecule has 5 heteroatoms. The first-order valence-electron chi connectivity index (χ1n) is 6.45. The number of aryl methyl sites for hydroxylation is 1. The molecular formula is C15H13ClN2O2. The van der Waals surface area contributed by atoms with Crippen LogP contribution in [-0.4, -0.2) is 17.4 Å². The van der Waals surface area contributed by atoms with Crippen molar-refractivity contribution in [1.29, 1.82) is 0 Å². The average molecular weight is 289 g/mol. The molecule has 0 atom stereocenters. The van der Waals surface area contributed by atoms with Gasteiger partial charge in [0.25, 0.3) is 11.5 Å². The zero-order chi connectivity index (χ0) is 14.1. The number of benzene rings is 1. The van der Waals surface area contributed by atoms with E-state index in [4.69, 9.17) is 11.6 Å². The van der Waals surface area contributed by atoms with Gasteiger partial charge in [-0.2, -0.15) is 0 Å². The van der Waals surface area contributed by atoms with Crippen LogP contribution in [0.2, 0.25) is 5.02 Å². The molecule has 1 amide bonds. The van der Waals surface area contributed by atoms with Gasteiger partial charge in [0.15, 0.2) is 0 Å². The summed E-state index contributed by atoms with van der Waals surface area (Å²) in [4.78, 5) is 28.5. The third-order valence-electron chi connectivity index (χ3n) is 3.45. The average Bonchev–Trinajstić information content (AvgIpc) is 2.48. The van der Waals surface area contributed by atoms with Gasteiger partial charge in [0.2, 0.25) is 0 Å². The number of H-pyrrole nitrogens is 1. The van der Waals surface area contributed by atoms with Crippen molar-refractivity contribution in [1.82, 2.24) is 4.98 Å². The number of aromatic amines is 1. The summed E-state index contributed by atoms with van der Waals surface area (Å²) in [5.74, 6) is -0.305. The molecule has 1 aliphatic rings. The van der Waals surface area contributed by atoms with E-state index in [1.165, 1.54) is 12.3 Å². The third-order valence-corrected chi connectivity index (χ3v) is 3.67. The van der Waals surface area contributed by atoms with Crippen LogP contribution in [-0.2, 0) is 6.42 Å². The Morgan fingerprint density at radius 2 is 2.10 bits per heavy atom. The van der Waals surface area contributed by atoms with E-state index in [1.807, 2.05) is 24.3 Å². The molecule has 0 saturated carbocycles. The second-order valence-corrected chi connectivity index (χ2v) is 5.19. The van der Waals surface area contributed by atoms with Crippen molar-refractivity contribution in [3.8, 4) is 0 Å². The summed E-state index contributed by atoms with van der Waals surface area (Å²) in [6, 6.07) is 9.19. The van der Waals surface area contributed by atoms with E-state index >= 15 is 0 Å². The molecule has 0 bridgehead atoms. The summed E-state index contributed by atoms with van der Waals surface area (Å²) in [5.41, 5.74) is 1.67. The molecule has 4 nitrogen and oxygen atoms in total. The number of pyridine rings is 1. The summed E-state index contributed by atoms with van der Waals surface area (Å²) in [7, 11) is 0. The molecule has 2 aromatic rings. The molecule has 0 saturated heterocycles. The number of nitrogens with one attached hydrogen (secondary N) is 1. The second kappa shape index (κ2) is 5.13. The van der Waals surface area contributed by atoms with Crippen LogP contribution in [0.5, 0.6) is 0 Å². The van der Waals surface area contributed by atoms with Gasteiger partial charge in [-0.3, -0.25) is 9.59 Å². The number of halogens is 1. The van der Waals surface area contributed by atoms with Gasteiger partial charge < -0.3 is 9.88 Å². The molecule has 102 valence electrons. The van der Waals surface area contributed by atoms with Crippen LogP contribution >= 0.6 is 11.6 Å². The van der Waals surface area contributed by atoms with Crippen LogP contribution in [0.4, 0.5) is 5.69 Å². The van der Waals surface area contributed by atoms with Crippen LogP contribution in [0.15, 0.2) is 41.3 Å². The predicted molar refractivity (Wildman–Crippen MR) is 78.5 cm³/mol. The van der Waals surface area contributed by atoms with Crippen molar-refractivity contribution >= 4 is 23.2 Å². The highest BCUT2D eigenvalue weighted by atomic mass is 35.5. The van der Waals surface area contributed by atoms with Crippen LogP contribution in [0.25, 0.3) is 0 Å². The second-order valence-electron chi connectivity index (χ2n) is 4.75. The Balaban J connectivity index is 2.04. The first-order valence-corrected chi connectivity index (χ1v) is 6.82. The maximum atomic E-state index is 12.6. The molecule has 2 heterocycles. The number of nitrogens with zero attached hydrogens (tertiary/aromatic N) is 1. The molecule has 1 aromatic carbocycles. The molecule has 3 rings (SSSR count). The highest BCUT2D eigenvalue weighted by Crippen LogP contribution is 2.27. The zero-order valence-corrected chi connectivity index (χ0v) is 11.5. The molecule has 0 unspecified atom stereocenters. The van der Waals surface area contributed by atoms with Crippen molar-refractivity contribution in [3.63, 3.8) is 0 Å². The Hall–Kier alpha value is -2.07. The first-order chi connectivity index (χ1) is 9.66. The van der Waals surface area contributed by atoms with Gasteiger partial charge in [0.1, 0.15) is 5.56 Å². The van der Waals surface area contributed by atoms with Crippen LogP contribution in [0.1, 0.15) is 22.3 Å². The van der Waals surface area contributed by atoms with Crippen molar-refractivity contribution in [2.75, 3.05) is 11.4 Å². The quantitative estimate of drug-likeness (QED) is 0.877. The lowest BCUT2D eigenvalue weighted by Gasteiger charge is -2.29. The van der Waals surface area contributed by atoms with E-state index in [0.717, 1.165) is 24.1 Å².